The third-order valence-electron chi connectivity index (χ3n) is 8.86. The molecule has 0 spiro atoms. The molecule has 52 heavy (non-hydrogen) atoms. The van der Waals surface area contributed by atoms with E-state index in [1.807, 2.05) is 61.0 Å². The van der Waals surface area contributed by atoms with Crippen LogP contribution in [0.4, 0.5) is 9.93 Å². The molecule has 1 aliphatic rings. The fraction of sp³-hybridized carbons (Fsp3) is 0.302. The van der Waals surface area contributed by atoms with Crippen LogP contribution >= 0.6 is 11.3 Å². The molecule has 4 aromatic carbocycles. The Morgan fingerprint density at radius 3 is 2.06 bits per heavy atom. The zero-order chi connectivity index (χ0) is 36.7. The van der Waals surface area contributed by atoms with E-state index in [1.54, 1.807) is 27.5 Å². The number of thiazole rings is 1. The molecule has 0 N–H and O–H groups in total. The van der Waals surface area contributed by atoms with Gasteiger partial charge in [0.25, 0.3) is 0 Å². The zero-order valence-electron chi connectivity index (χ0n) is 30.7. The number of nitrogens with zero attached hydrogens (tertiary/aromatic N) is 5. The van der Waals surface area contributed by atoms with Crippen molar-refractivity contribution in [1.82, 2.24) is 19.4 Å². The Bertz CT molecular complexity index is 1930. The van der Waals surface area contributed by atoms with Crippen molar-refractivity contribution < 1.29 is 14.3 Å². The third kappa shape index (κ3) is 10.2. The number of methoxy groups -OCH3 is 1. The maximum absolute atomic E-state index is 13.9. The fourth-order valence-electron chi connectivity index (χ4n) is 6.19. The average molecular weight is 716 g/mol. The summed E-state index contributed by atoms with van der Waals surface area (Å²) >= 11 is 1.54. The third-order valence-corrected chi connectivity index (χ3v) is 9.90. The highest BCUT2D eigenvalue weighted by atomic mass is 32.1. The van der Waals surface area contributed by atoms with Crippen molar-refractivity contribution in [2.45, 2.75) is 59.4 Å². The van der Waals surface area contributed by atoms with Crippen LogP contribution in [0.3, 0.4) is 0 Å². The van der Waals surface area contributed by atoms with E-state index in [-0.39, 0.29) is 17.9 Å². The van der Waals surface area contributed by atoms with Gasteiger partial charge in [-0.3, -0.25) is 9.69 Å². The number of anilines is 1. The van der Waals surface area contributed by atoms with Gasteiger partial charge in [-0.1, -0.05) is 123 Å². The fourth-order valence-corrected chi connectivity index (χ4v) is 7.22. The highest BCUT2D eigenvalue weighted by Crippen LogP contribution is 2.33. The van der Waals surface area contributed by atoms with Crippen LogP contribution in [0.2, 0.25) is 0 Å². The van der Waals surface area contributed by atoms with Gasteiger partial charge in [-0.2, -0.15) is 0 Å². The van der Waals surface area contributed by atoms with Crippen molar-refractivity contribution in [3.8, 4) is 5.69 Å². The number of likely N-dealkylation sites (tertiary alicyclic amines) is 1. The Morgan fingerprint density at radius 1 is 0.846 bits per heavy atom. The molecule has 0 atom stereocenters. The Balaban J connectivity index is 0.000000290. The van der Waals surface area contributed by atoms with E-state index >= 15 is 0 Å². The van der Waals surface area contributed by atoms with Crippen LogP contribution in [0.25, 0.3) is 15.9 Å². The van der Waals surface area contributed by atoms with E-state index in [0.717, 1.165) is 40.9 Å². The van der Waals surface area contributed by atoms with Crippen molar-refractivity contribution in [3.05, 3.63) is 144 Å². The number of aromatic nitrogens is 3. The van der Waals surface area contributed by atoms with Crippen molar-refractivity contribution in [2.24, 2.45) is 5.92 Å². The minimum absolute atomic E-state index is 0.0200. The van der Waals surface area contributed by atoms with Gasteiger partial charge in [0.1, 0.15) is 0 Å². The Kier molecular flexibility index (Phi) is 14.1. The standard InChI is InChI=1S/C28H31N5O3S.C13H12.C2H6/c1-3-7-20-10-11-24-25(16-20)37-27(30-24)33(26(34)21-12-14-31(15-13-21)28(35)36-2)18-22-17-32(19-29-22)23-8-5-4-6-9-23;1-3-7-12(8-4-1)11-13-9-5-2-6-10-13;1-2/h4-6,8-11,16-17,19,21H,3,7,12-15,18H2,1-2H3;1-10H,11H2;1-2H3. The molecule has 1 aliphatic heterocycles. The van der Waals surface area contributed by atoms with Gasteiger partial charge in [0.05, 0.1) is 35.9 Å². The van der Waals surface area contributed by atoms with E-state index in [4.69, 9.17) is 9.72 Å². The van der Waals surface area contributed by atoms with Gasteiger partial charge in [0.2, 0.25) is 5.91 Å². The quantitative estimate of drug-likeness (QED) is 0.149. The molecule has 0 saturated carbocycles. The lowest BCUT2D eigenvalue weighted by Gasteiger charge is -2.32. The predicted molar refractivity (Wildman–Crippen MR) is 212 cm³/mol. The summed E-state index contributed by atoms with van der Waals surface area (Å²) in [6.45, 7) is 7.50. The van der Waals surface area contributed by atoms with Crippen molar-refractivity contribution >= 4 is 38.7 Å². The van der Waals surface area contributed by atoms with E-state index in [1.165, 1.54) is 23.8 Å². The second-order valence-corrected chi connectivity index (χ2v) is 13.5. The number of fused-ring (bicyclic) bond motifs is 1. The van der Waals surface area contributed by atoms with E-state index in [0.29, 0.717) is 37.6 Å². The highest BCUT2D eigenvalue weighted by molar-refractivity contribution is 7.22. The van der Waals surface area contributed by atoms with Crippen LogP contribution in [-0.4, -0.2) is 51.6 Å². The molecule has 2 aromatic heterocycles. The van der Waals surface area contributed by atoms with Crippen molar-refractivity contribution in [2.75, 3.05) is 25.1 Å². The first kappa shape index (κ1) is 38.0. The van der Waals surface area contributed by atoms with Gasteiger partial charge in [-0.25, -0.2) is 14.8 Å². The maximum atomic E-state index is 13.9. The molecule has 7 rings (SSSR count). The average Bonchev–Trinajstić information content (AvgIpc) is 3.86. The molecule has 0 bridgehead atoms. The minimum Gasteiger partial charge on any atom is -0.453 e. The SMILES string of the molecule is CC.CCCc1ccc2nc(N(Cc3cn(-c4ccccc4)cn3)C(=O)C3CCN(C(=O)OC)CC3)sc2c1.c1ccc(Cc2ccccc2)cc1. The zero-order valence-corrected chi connectivity index (χ0v) is 31.5. The largest absolute Gasteiger partial charge is 0.453 e. The predicted octanol–water partition coefficient (Wildman–Crippen LogP) is 9.75. The summed E-state index contributed by atoms with van der Waals surface area (Å²) in [6.07, 6.45) is 7.70. The molecule has 0 unspecified atom stereocenters. The number of carbonyl (C=O) groups excluding carboxylic acids is 2. The van der Waals surface area contributed by atoms with Gasteiger partial charge in [-0.15, -0.1) is 0 Å². The van der Waals surface area contributed by atoms with Gasteiger partial charge >= 0.3 is 6.09 Å². The molecule has 1 saturated heterocycles. The van der Waals surface area contributed by atoms with E-state index in [9.17, 15) is 9.59 Å². The van der Waals surface area contributed by atoms with Crippen molar-refractivity contribution in [1.29, 1.82) is 0 Å². The Hall–Kier alpha value is -5.28. The number of para-hydroxylation sites is 1. The normalized spacial score (nSPS) is 12.7. The number of hydrogen-bond donors (Lipinski definition) is 0. The molecule has 270 valence electrons. The molecule has 8 nitrogen and oxygen atoms in total. The first-order valence-corrected chi connectivity index (χ1v) is 19.0. The summed E-state index contributed by atoms with van der Waals surface area (Å²) in [6, 6.07) is 37.4. The molecule has 9 heteroatoms. The summed E-state index contributed by atoms with van der Waals surface area (Å²) in [5, 5.41) is 0.679. The second kappa shape index (κ2) is 19.4. The number of benzene rings is 4. The molecule has 6 aromatic rings. The number of carbonyl (C=O) groups is 2. The van der Waals surface area contributed by atoms with Crippen molar-refractivity contribution in [3.63, 3.8) is 0 Å². The lowest BCUT2D eigenvalue weighted by molar-refractivity contribution is -0.123. The van der Waals surface area contributed by atoms with E-state index < -0.39 is 0 Å². The molecule has 3 heterocycles. The van der Waals surface area contributed by atoms with Crippen LogP contribution in [0.1, 0.15) is 62.4 Å². The number of rotatable bonds is 9. The summed E-state index contributed by atoms with van der Waals surface area (Å²) in [7, 11) is 1.38. The highest BCUT2D eigenvalue weighted by Gasteiger charge is 2.33. The number of imidazole rings is 1. The summed E-state index contributed by atoms with van der Waals surface area (Å²) in [5.74, 6) is -0.175. The molecule has 1 fully saturated rings. The van der Waals surface area contributed by atoms with Gasteiger partial charge < -0.3 is 14.2 Å². The van der Waals surface area contributed by atoms with Crippen LogP contribution in [0.15, 0.2) is 122 Å². The smallest absolute Gasteiger partial charge is 0.409 e. The minimum atomic E-state index is -0.344. The monoisotopic (exact) mass is 715 g/mol. The number of ether oxygens (including phenoxy) is 1. The van der Waals surface area contributed by atoms with Gasteiger partial charge in [-0.05, 0) is 66.6 Å². The van der Waals surface area contributed by atoms with Crippen LogP contribution in [0, 0.1) is 5.92 Å². The lowest BCUT2D eigenvalue weighted by Crippen LogP contribution is -2.44. The number of amides is 2. The Morgan fingerprint density at radius 2 is 1.46 bits per heavy atom. The van der Waals surface area contributed by atoms with Crippen LogP contribution < -0.4 is 4.90 Å². The van der Waals surface area contributed by atoms with Gasteiger partial charge in [0.15, 0.2) is 5.13 Å². The Labute approximate surface area is 311 Å². The number of piperidine rings is 1. The lowest BCUT2D eigenvalue weighted by atomic mass is 9.95. The molecular formula is C43H49N5O3S. The summed E-state index contributed by atoms with van der Waals surface area (Å²) in [5.41, 5.74) is 6.71. The maximum Gasteiger partial charge on any atom is 0.409 e. The number of hydrogen-bond acceptors (Lipinski definition) is 6. The number of aryl methyl sites for hydroxylation is 1. The van der Waals surface area contributed by atoms with Gasteiger partial charge in [0, 0.05) is 30.9 Å². The topological polar surface area (TPSA) is 80.6 Å². The van der Waals surface area contributed by atoms with Crippen LogP contribution in [0.5, 0.6) is 0 Å². The molecule has 0 radical (unpaired) electrons. The summed E-state index contributed by atoms with van der Waals surface area (Å²) in [4.78, 5) is 38.7. The molecule has 0 aliphatic carbocycles. The molecular weight excluding hydrogens is 667 g/mol. The van der Waals surface area contributed by atoms with Crippen LogP contribution in [-0.2, 0) is 28.9 Å². The molecule has 2 amide bonds. The first-order valence-electron chi connectivity index (χ1n) is 18.2. The van der Waals surface area contributed by atoms with E-state index in [2.05, 4.69) is 84.7 Å². The summed E-state index contributed by atoms with van der Waals surface area (Å²) < 4.78 is 7.89. The second-order valence-electron chi connectivity index (χ2n) is 12.5. The first-order chi connectivity index (χ1) is 25.5.